The highest BCUT2D eigenvalue weighted by molar-refractivity contribution is 5.84. The standard InChI is InChI=1S/C20H22N2O/c23-20-10-4-1-6-15(20)7-5-12-22-13-11-17-16-8-2-3-9-18(16)21-19(17)14-22/h1-4,6,8-10,21,23H,5,7,11-14H2. The zero-order valence-corrected chi connectivity index (χ0v) is 13.3. The largest absolute Gasteiger partial charge is 0.508 e. The van der Waals surface area contributed by atoms with Crippen molar-refractivity contribution in [3.63, 3.8) is 0 Å². The van der Waals surface area contributed by atoms with Gasteiger partial charge in [-0.15, -0.1) is 0 Å². The molecule has 0 atom stereocenters. The second kappa shape index (κ2) is 6.09. The number of rotatable bonds is 4. The molecule has 4 rings (SSSR count). The number of aromatic amines is 1. The van der Waals surface area contributed by atoms with Crippen LogP contribution in [0.1, 0.15) is 23.2 Å². The summed E-state index contributed by atoms with van der Waals surface area (Å²) in [5, 5.41) is 11.2. The Hall–Kier alpha value is -2.26. The molecule has 0 fully saturated rings. The van der Waals surface area contributed by atoms with Crippen molar-refractivity contribution in [3.8, 4) is 5.75 Å². The first kappa shape index (κ1) is 14.3. The normalized spacial score (nSPS) is 15.0. The minimum absolute atomic E-state index is 0.420. The van der Waals surface area contributed by atoms with Crippen LogP contribution in [0.2, 0.25) is 0 Å². The van der Waals surface area contributed by atoms with E-state index in [1.165, 1.54) is 22.2 Å². The van der Waals surface area contributed by atoms with Crippen molar-refractivity contribution < 1.29 is 5.11 Å². The van der Waals surface area contributed by atoms with Gasteiger partial charge in [-0.1, -0.05) is 36.4 Å². The monoisotopic (exact) mass is 306 g/mol. The first-order valence-corrected chi connectivity index (χ1v) is 8.39. The summed E-state index contributed by atoms with van der Waals surface area (Å²) in [7, 11) is 0. The Labute approximate surface area is 136 Å². The van der Waals surface area contributed by atoms with Gasteiger partial charge >= 0.3 is 0 Å². The Morgan fingerprint density at radius 1 is 1.04 bits per heavy atom. The van der Waals surface area contributed by atoms with Crippen molar-refractivity contribution >= 4 is 10.9 Å². The molecular weight excluding hydrogens is 284 g/mol. The summed E-state index contributed by atoms with van der Waals surface area (Å²) in [6.45, 7) is 3.20. The van der Waals surface area contributed by atoms with Gasteiger partial charge in [0, 0.05) is 29.7 Å². The fourth-order valence-corrected chi connectivity index (χ4v) is 3.66. The highest BCUT2D eigenvalue weighted by atomic mass is 16.3. The average Bonchev–Trinajstić information content (AvgIpc) is 2.94. The molecule has 0 amide bonds. The van der Waals surface area contributed by atoms with Gasteiger partial charge in [0.2, 0.25) is 0 Å². The predicted octanol–water partition coefficient (Wildman–Crippen LogP) is 3.86. The van der Waals surface area contributed by atoms with E-state index in [0.29, 0.717) is 5.75 Å². The highest BCUT2D eigenvalue weighted by Crippen LogP contribution is 2.27. The number of aromatic hydroxyl groups is 1. The van der Waals surface area contributed by atoms with Crippen LogP contribution in [0.25, 0.3) is 10.9 Å². The van der Waals surface area contributed by atoms with Crippen LogP contribution in [0.3, 0.4) is 0 Å². The molecule has 3 aromatic rings. The lowest BCUT2D eigenvalue weighted by Gasteiger charge is -2.26. The molecular formula is C20H22N2O. The summed E-state index contributed by atoms with van der Waals surface area (Å²) < 4.78 is 0. The van der Waals surface area contributed by atoms with E-state index < -0.39 is 0 Å². The molecule has 0 radical (unpaired) electrons. The fourth-order valence-electron chi connectivity index (χ4n) is 3.66. The molecule has 0 saturated carbocycles. The molecule has 0 saturated heterocycles. The summed E-state index contributed by atoms with van der Waals surface area (Å²) >= 11 is 0. The smallest absolute Gasteiger partial charge is 0.118 e. The van der Waals surface area contributed by atoms with Gasteiger partial charge in [0.15, 0.2) is 0 Å². The number of phenols is 1. The third-order valence-electron chi connectivity index (χ3n) is 4.87. The zero-order chi connectivity index (χ0) is 15.6. The van der Waals surface area contributed by atoms with E-state index >= 15 is 0 Å². The number of phenolic OH excluding ortho intramolecular Hbond substituents is 1. The third-order valence-corrected chi connectivity index (χ3v) is 4.87. The van der Waals surface area contributed by atoms with Crippen molar-refractivity contribution in [2.75, 3.05) is 13.1 Å². The van der Waals surface area contributed by atoms with Crippen LogP contribution in [0, 0.1) is 0 Å². The number of benzene rings is 2. The second-order valence-electron chi connectivity index (χ2n) is 6.39. The number of nitrogens with zero attached hydrogens (tertiary/aromatic N) is 1. The van der Waals surface area contributed by atoms with Crippen LogP contribution in [0.5, 0.6) is 5.75 Å². The van der Waals surface area contributed by atoms with Crippen LogP contribution in [0.4, 0.5) is 0 Å². The van der Waals surface area contributed by atoms with Gasteiger partial charge in [-0.25, -0.2) is 0 Å². The summed E-state index contributed by atoms with van der Waals surface area (Å²) in [5.41, 5.74) is 5.18. The SMILES string of the molecule is Oc1ccccc1CCCN1CCc2c([nH]c3ccccc23)C1. The molecule has 1 aromatic heterocycles. The fraction of sp³-hybridized carbons (Fsp3) is 0.300. The Bertz CT molecular complexity index is 821. The molecule has 0 aliphatic carbocycles. The third kappa shape index (κ3) is 2.84. The van der Waals surface area contributed by atoms with Crippen LogP contribution in [-0.2, 0) is 19.4 Å². The summed E-state index contributed by atoms with van der Waals surface area (Å²) in [6, 6.07) is 16.3. The number of fused-ring (bicyclic) bond motifs is 3. The van der Waals surface area contributed by atoms with Gasteiger partial charge in [0.05, 0.1) is 0 Å². The van der Waals surface area contributed by atoms with E-state index in [-0.39, 0.29) is 0 Å². The van der Waals surface area contributed by atoms with Crippen molar-refractivity contribution in [1.29, 1.82) is 0 Å². The Balaban J connectivity index is 1.40. The van der Waals surface area contributed by atoms with Crippen LogP contribution in [-0.4, -0.2) is 28.1 Å². The maximum atomic E-state index is 9.84. The molecule has 3 heteroatoms. The van der Waals surface area contributed by atoms with E-state index in [0.717, 1.165) is 44.5 Å². The number of hydrogen-bond acceptors (Lipinski definition) is 2. The molecule has 2 heterocycles. The van der Waals surface area contributed by atoms with Gasteiger partial charge in [0.1, 0.15) is 5.75 Å². The lowest BCUT2D eigenvalue weighted by Crippen LogP contribution is -2.31. The van der Waals surface area contributed by atoms with Gasteiger partial charge in [-0.05, 0) is 49.1 Å². The first-order chi connectivity index (χ1) is 11.3. The van der Waals surface area contributed by atoms with Crippen LogP contribution < -0.4 is 0 Å². The Morgan fingerprint density at radius 2 is 1.87 bits per heavy atom. The molecule has 3 nitrogen and oxygen atoms in total. The van der Waals surface area contributed by atoms with Crippen LogP contribution in [0.15, 0.2) is 48.5 Å². The molecule has 23 heavy (non-hydrogen) atoms. The molecule has 0 bridgehead atoms. The van der Waals surface area contributed by atoms with Crippen LogP contribution >= 0.6 is 0 Å². The first-order valence-electron chi connectivity index (χ1n) is 8.39. The topological polar surface area (TPSA) is 39.3 Å². The maximum absolute atomic E-state index is 9.84. The Kier molecular flexibility index (Phi) is 3.80. The average molecular weight is 306 g/mol. The number of H-pyrrole nitrogens is 1. The van der Waals surface area contributed by atoms with E-state index in [1.54, 1.807) is 6.07 Å². The molecule has 2 aromatic carbocycles. The summed E-state index contributed by atoms with van der Waals surface area (Å²) in [4.78, 5) is 6.09. The zero-order valence-electron chi connectivity index (χ0n) is 13.3. The van der Waals surface area contributed by atoms with Gasteiger partial charge in [-0.3, -0.25) is 4.90 Å². The second-order valence-corrected chi connectivity index (χ2v) is 6.39. The van der Waals surface area contributed by atoms with Crippen molar-refractivity contribution in [2.45, 2.75) is 25.8 Å². The minimum atomic E-state index is 0.420. The molecule has 118 valence electrons. The maximum Gasteiger partial charge on any atom is 0.118 e. The summed E-state index contributed by atoms with van der Waals surface area (Å²) in [5.74, 6) is 0.420. The molecule has 1 aliphatic rings. The molecule has 0 unspecified atom stereocenters. The number of hydrogen-bond donors (Lipinski definition) is 2. The van der Waals surface area contributed by atoms with Gasteiger partial charge in [0.25, 0.3) is 0 Å². The van der Waals surface area contributed by atoms with Gasteiger partial charge in [-0.2, -0.15) is 0 Å². The predicted molar refractivity (Wildman–Crippen MR) is 93.7 cm³/mol. The molecule has 2 N–H and O–H groups in total. The lowest BCUT2D eigenvalue weighted by molar-refractivity contribution is 0.249. The molecule has 0 spiro atoms. The quantitative estimate of drug-likeness (QED) is 0.768. The molecule has 1 aliphatic heterocycles. The number of nitrogens with one attached hydrogen (secondary N) is 1. The minimum Gasteiger partial charge on any atom is -0.508 e. The highest BCUT2D eigenvalue weighted by Gasteiger charge is 2.19. The van der Waals surface area contributed by atoms with Crippen molar-refractivity contribution in [3.05, 3.63) is 65.4 Å². The number of aryl methyl sites for hydroxylation is 1. The lowest BCUT2D eigenvalue weighted by atomic mass is 10.0. The van der Waals surface area contributed by atoms with Gasteiger partial charge < -0.3 is 10.1 Å². The van der Waals surface area contributed by atoms with E-state index in [9.17, 15) is 5.11 Å². The van der Waals surface area contributed by atoms with E-state index in [1.807, 2.05) is 18.2 Å². The van der Waals surface area contributed by atoms with Crippen molar-refractivity contribution in [1.82, 2.24) is 9.88 Å². The summed E-state index contributed by atoms with van der Waals surface area (Å²) in [6.07, 6.45) is 3.13. The number of aromatic nitrogens is 1. The number of para-hydroxylation sites is 2. The van der Waals surface area contributed by atoms with E-state index in [4.69, 9.17) is 0 Å². The van der Waals surface area contributed by atoms with E-state index in [2.05, 4.69) is 34.1 Å². The van der Waals surface area contributed by atoms with Crippen molar-refractivity contribution in [2.24, 2.45) is 0 Å². The Morgan fingerprint density at radius 3 is 2.78 bits per heavy atom.